The second kappa shape index (κ2) is 11.6. The third-order valence-corrected chi connectivity index (χ3v) is 4.89. The van der Waals surface area contributed by atoms with Crippen LogP contribution in [0.3, 0.4) is 0 Å². The van der Waals surface area contributed by atoms with Gasteiger partial charge in [-0.3, -0.25) is 14.9 Å². The van der Waals surface area contributed by atoms with Crippen LogP contribution >= 0.6 is 34.8 Å². The van der Waals surface area contributed by atoms with Crippen molar-refractivity contribution < 1.29 is 19.1 Å². The van der Waals surface area contributed by atoms with Gasteiger partial charge in [-0.25, -0.2) is 4.79 Å². The molecular weight excluding hydrogens is 489 g/mol. The molecule has 33 heavy (non-hydrogen) atoms. The van der Waals surface area contributed by atoms with Crippen LogP contribution < -0.4 is 16.0 Å². The molecular formula is C23H18Cl3N3O4. The van der Waals surface area contributed by atoms with Crippen molar-refractivity contribution in [1.82, 2.24) is 0 Å². The lowest BCUT2D eigenvalue weighted by atomic mass is 10.2. The topological polar surface area (TPSA) is 96.5 Å². The minimum atomic E-state index is -1.44. The van der Waals surface area contributed by atoms with Crippen molar-refractivity contribution in [2.24, 2.45) is 0 Å². The van der Waals surface area contributed by atoms with E-state index in [1.165, 1.54) is 12.1 Å². The number of anilines is 3. The Hall–Kier alpha value is -3.26. The van der Waals surface area contributed by atoms with Crippen LogP contribution in [0.1, 0.15) is 6.42 Å². The first-order valence-corrected chi connectivity index (χ1v) is 10.8. The Bertz CT molecular complexity index is 1110. The third-order valence-electron chi connectivity index (χ3n) is 4.18. The standard InChI is InChI=1S/C23H18Cl3N3O4/c24-14-4-1-7-17(10-14)27-21(30)13-20(22(31)28-18-8-2-5-15(25)11-18)33-23(32)29-19-9-3-6-16(26)12-19/h1-12,20H,13H2,(H,27,30)(H,28,31)(H,29,32). The van der Waals surface area contributed by atoms with Crippen molar-refractivity contribution in [3.8, 4) is 0 Å². The van der Waals surface area contributed by atoms with Crippen molar-refractivity contribution in [3.63, 3.8) is 0 Å². The average Bonchev–Trinajstić information content (AvgIpc) is 2.73. The van der Waals surface area contributed by atoms with E-state index in [0.29, 0.717) is 32.1 Å². The summed E-state index contributed by atoms with van der Waals surface area (Å²) >= 11 is 17.8. The minimum absolute atomic E-state index is 0.366. The fourth-order valence-electron chi connectivity index (χ4n) is 2.77. The normalized spacial score (nSPS) is 11.2. The van der Waals surface area contributed by atoms with Gasteiger partial charge in [0.05, 0.1) is 6.42 Å². The Morgan fingerprint density at radius 1 is 0.697 bits per heavy atom. The number of carbonyl (C=O) groups excluding carboxylic acids is 3. The second-order valence-electron chi connectivity index (χ2n) is 6.79. The largest absolute Gasteiger partial charge is 0.435 e. The van der Waals surface area contributed by atoms with Gasteiger partial charge in [0, 0.05) is 32.1 Å². The average molecular weight is 507 g/mol. The molecule has 3 aromatic rings. The molecule has 7 nitrogen and oxygen atoms in total. The van der Waals surface area contributed by atoms with Gasteiger partial charge in [0.1, 0.15) is 0 Å². The van der Waals surface area contributed by atoms with Crippen LogP contribution in [-0.4, -0.2) is 24.0 Å². The molecule has 0 saturated heterocycles. The number of rotatable bonds is 7. The maximum Gasteiger partial charge on any atom is 0.412 e. The summed E-state index contributed by atoms with van der Waals surface area (Å²) in [5, 5.41) is 8.92. The summed E-state index contributed by atoms with van der Waals surface area (Å²) in [5.41, 5.74) is 1.18. The van der Waals surface area contributed by atoms with E-state index in [0.717, 1.165) is 0 Å². The van der Waals surface area contributed by atoms with E-state index in [9.17, 15) is 14.4 Å². The lowest BCUT2D eigenvalue weighted by Crippen LogP contribution is -2.37. The van der Waals surface area contributed by atoms with Crippen LogP contribution in [0.25, 0.3) is 0 Å². The second-order valence-corrected chi connectivity index (χ2v) is 8.10. The molecule has 0 aliphatic heterocycles. The molecule has 1 unspecified atom stereocenters. The molecule has 0 aliphatic carbocycles. The highest BCUT2D eigenvalue weighted by atomic mass is 35.5. The summed E-state index contributed by atoms with van der Waals surface area (Å²) < 4.78 is 5.27. The molecule has 1 atom stereocenters. The van der Waals surface area contributed by atoms with E-state index >= 15 is 0 Å². The Morgan fingerprint density at radius 2 is 1.15 bits per heavy atom. The third kappa shape index (κ3) is 7.98. The van der Waals surface area contributed by atoms with Gasteiger partial charge in [0.25, 0.3) is 5.91 Å². The van der Waals surface area contributed by atoms with Gasteiger partial charge in [-0.1, -0.05) is 53.0 Å². The number of nitrogens with one attached hydrogen (secondary N) is 3. The molecule has 0 bridgehead atoms. The van der Waals surface area contributed by atoms with Crippen LogP contribution in [0.2, 0.25) is 15.1 Å². The number of amides is 3. The number of hydrogen-bond acceptors (Lipinski definition) is 4. The molecule has 3 aromatic carbocycles. The first-order valence-electron chi connectivity index (χ1n) is 9.63. The van der Waals surface area contributed by atoms with Gasteiger partial charge in [0.15, 0.2) is 6.10 Å². The van der Waals surface area contributed by atoms with Crippen LogP contribution in [-0.2, 0) is 14.3 Å². The summed E-state index contributed by atoms with van der Waals surface area (Å²) in [4.78, 5) is 37.8. The number of carbonyl (C=O) groups is 3. The highest BCUT2D eigenvalue weighted by Crippen LogP contribution is 2.19. The highest BCUT2D eigenvalue weighted by Gasteiger charge is 2.27. The SMILES string of the molecule is O=C(CC(OC(=O)Nc1cccc(Cl)c1)C(=O)Nc1cccc(Cl)c1)Nc1cccc(Cl)c1. The first-order chi connectivity index (χ1) is 15.8. The van der Waals surface area contributed by atoms with Gasteiger partial charge in [0.2, 0.25) is 5.91 Å². The zero-order chi connectivity index (χ0) is 23.8. The maximum atomic E-state index is 12.8. The summed E-state index contributed by atoms with van der Waals surface area (Å²) in [7, 11) is 0. The fourth-order valence-corrected chi connectivity index (χ4v) is 3.34. The molecule has 0 aromatic heterocycles. The molecule has 10 heteroatoms. The summed E-state index contributed by atoms with van der Waals surface area (Å²) in [6.07, 6.45) is -2.82. The van der Waals surface area contributed by atoms with E-state index in [-0.39, 0.29) is 0 Å². The molecule has 0 spiro atoms. The lowest BCUT2D eigenvalue weighted by Gasteiger charge is -2.18. The predicted octanol–water partition coefficient (Wildman–Crippen LogP) is 6.23. The molecule has 3 rings (SSSR count). The Balaban J connectivity index is 1.71. The molecule has 0 heterocycles. The van der Waals surface area contributed by atoms with Crippen molar-refractivity contribution in [2.75, 3.05) is 16.0 Å². The summed E-state index contributed by atoms with van der Waals surface area (Å²) in [6.45, 7) is 0. The molecule has 170 valence electrons. The monoisotopic (exact) mass is 505 g/mol. The quantitative estimate of drug-likeness (QED) is 0.354. The van der Waals surface area contributed by atoms with Crippen LogP contribution in [0.4, 0.5) is 21.9 Å². The Morgan fingerprint density at radius 3 is 1.64 bits per heavy atom. The molecule has 0 radical (unpaired) electrons. The molecule has 3 N–H and O–H groups in total. The van der Waals surface area contributed by atoms with Gasteiger partial charge in [-0.05, 0) is 54.6 Å². The number of halogens is 3. The highest BCUT2D eigenvalue weighted by molar-refractivity contribution is 6.31. The number of hydrogen-bond donors (Lipinski definition) is 3. The molecule has 3 amide bonds. The van der Waals surface area contributed by atoms with Gasteiger partial charge >= 0.3 is 6.09 Å². The first kappa shape index (κ1) is 24.4. The van der Waals surface area contributed by atoms with Gasteiger partial charge in [-0.15, -0.1) is 0 Å². The van der Waals surface area contributed by atoms with Crippen molar-refractivity contribution in [2.45, 2.75) is 12.5 Å². The zero-order valence-electron chi connectivity index (χ0n) is 17.0. The Kier molecular flexibility index (Phi) is 8.54. The molecule has 0 fully saturated rings. The van der Waals surface area contributed by atoms with Crippen molar-refractivity contribution in [3.05, 3.63) is 87.9 Å². The predicted molar refractivity (Wildman–Crippen MR) is 130 cm³/mol. The minimum Gasteiger partial charge on any atom is -0.435 e. The number of ether oxygens (including phenoxy) is 1. The lowest BCUT2D eigenvalue weighted by molar-refractivity contribution is -0.128. The molecule has 0 aliphatic rings. The zero-order valence-corrected chi connectivity index (χ0v) is 19.2. The summed E-state index contributed by atoms with van der Waals surface area (Å²) in [6, 6.07) is 19.3. The maximum absolute atomic E-state index is 12.8. The fraction of sp³-hybridized carbons (Fsp3) is 0.0870. The smallest absolute Gasteiger partial charge is 0.412 e. The van der Waals surface area contributed by atoms with Crippen LogP contribution in [0.15, 0.2) is 72.8 Å². The van der Waals surface area contributed by atoms with Gasteiger partial charge < -0.3 is 15.4 Å². The van der Waals surface area contributed by atoms with Crippen molar-refractivity contribution >= 4 is 69.8 Å². The van der Waals surface area contributed by atoms with Crippen LogP contribution in [0.5, 0.6) is 0 Å². The summed E-state index contributed by atoms with van der Waals surface area (Å²) in [5.74, 6) is -1.26. The number of benzene rings is 3. The van der Waals surface area contributed by atoms with E-state index in [1.807, 2.05) is 0 Å². The van der Waals surface area contributed by atoms with Gasteiger partial charge in [-0.2, -0.15) is 0 Å². The van der Waals surface area contributed by atoms with Crippen molar-refractivity contribution in [1.29, 1.82) is 0 Å². The van der Waals surface area contributed by atoms with E-state index in [2.05, 4.69) is 16.0 Å². The van der Waals surface area contributed by atoms with E-state index in [4.69, 9.17) is 39.5 Å². The van der Waals surface area contributed by atoms with Crippen LogP contribution in [0, 0.1) is 0 Å². The van der Waals surface area contributed by atoms with E-state index in [1.54, 1.807) is 60.7 Å². The Labute approximate surface area is 205 Å². The molecule has 0 saturated carbocycles. The van der Waals surface area contributed by atoms with E-state index < -0.39 is 30.4 Å².